The van der Waals surface area contributed by atoms with Gasteiger partial charge in [-0.15, -0.1) is 0 Å². The minimum atomic E-state index is -0.247. The Kier molecular flexibility index (Phi) is 3.27. The van der Waals surface area contributed by atoms with Crippen LogP contribution in [0.25, 0.3) is 0 Å². The third-order valence-corrected chi connectivity index (χ3v) is 2.70. The molecular weight excluding hydrogens is 168 g/mol. The fourth-order valence-corrected chi connectivity index (χ4v) is 1.98. The number of nitrogens with two attached hydrogens (primary N) is 1. The molecule has 1 rings (SSSR count). The lowest BCUT2D eigenvalue weighted by Gasteiger charge is -2.39. The van der Waals surface area contributed by atoms with E-state index in [1.54, 1.807) is 0 Å². The minimum Gasteiger partial charge on any atom is -0.378 e. The van der Waals surface area contributed by atoms with Gasteiger partial charge in [-0.05, 0) is 26.8 Å². The molecule has 76 valence electrons. The van der Waals surface area contributed by atoms with E-state index >= 15 is 0 Å². The fraction of sp³-hybridized carbons (Fsp3) is 0.889. The van der Waals surface area contributed by atoms with Gasteiger partial charge >= 0.3 is 0 Å². The summed E-state index contributed by atoms with van der Waals surface area (Å²) in [5, 5.41) is 3.20. The third-order valence-electron chi connectivity index (χ3n) is 2.70. The van der Waals surface area contributed by atoms with Gasteiger partial charge in [-0.1, -0.05) is 0 Å². The average molecular weight is 186 g/mol. The van der Waals surface area contributed by atoms with Crippen molar-refractivity contribution in [2.75, 3.05) is 13.7 Å². The molecule has 0 aromatic carbocycles. The van der Waals surface area contributed by atoms with Gasteiger partial charge in [-0.25, -0.2) is 0 Å². The van der Waals surface area contributed by atoms with Gasteiger partial charge < -0.3 is 15.8 Å². The van der Waals surface area contributed by atoms with Crippen molar-refractivity contribution in [1.29, 1.82) is 0 Å². The number of rotatable bonds is 3. The van der Waals surface area contributed by atoms with E-state index in [0.29, 0.717) is 13.0 Å². The molecule has 1 aliphatic rings. The van der Waals surface area contributed by atoms with E-state index in [9.17, 15) is 4.79 Å². The van der Waals surface area contributed by atoms with Gasteiger partial charge in [0.1, 0.15) is 0 Å². The van der Waals surface area contributed by atoms with Crippen molar-refractivity contribution in [2.24, 2.45) is 5.73 Å². The van der Waals surface area contributed by atoms with E-state index in [0.717, 1.165) is 12.8 Å². The molecule has 0 spiro atoms. The van der Waals surface area contributed by atoms with Gasteiger partial charge in [-0.3, -0.25) is 4.79 Å². The first-order valence-electron chi connectivity index (χ1n) is 4.67. The quantitative estimate of drug-likeness (QED) is 0.653. The molecule has 4 nitrogen and oxygen atoms in total. The van der Waals surface area contributed by atoms with E-state index in [1.807, 2.05) is 14.0 Å². The second kappa shape index (κ2) is 4.07. The molecule has 13 heavy (non-hydrogen) atoms. The SMILES string of the molecule is CNC1(CC(N)=O)CCOC(C)C1. The van der Waals surface area contributed by atoms with Crippen molar-refractivity contribution in [3.8, 4) is 0 Å². The molecule has 1 heterocycles. The van der Waals surface area contributed by atoms with Crippen LogP contribution in [0.5, 0.6) is 0 Å². The molecular formula is C9H18N2O2. The standard InChI is InChI=1S/C9H18N2O2/c1-7-5-9(11-2,3-4-13-7)6-8(10)12/h7,11H,3-6H2,1-2H3,(H2,10,12). The zero-order valence-electron chi connectivity index (χ0n) is 8.30. The number of hydrogen-bond donors (Lipinski definition) is 2. The second-order valence-corrected chi connectivity index (χ2v) is 3.81. The van der Waals surface area contributed by atoms with Crippen LogP contribution in [0.15, 0.2) is 0 Å². The number of primary amides is 1. The summed E-state index contributed by atoms with van der Waals surface area (Å²) < 4.78 is 5.42. The summed E-state index contributed by atoms with van der Waals surface area (Å²) in [7, 11) is 1.88. The van der Waals surface area contributed by atoms with E-state index in [2.05, 4.69) is 5.32 Å². The molecule has 2 unspecified atom stereocenters. The number of nitrogens with one attached hydrogen (secondary N) is 1. The van der Waals surface area contributed by atoms with Gasteiger partial charge in [-0.2, -0.15) is 0 Å². The summed E-state index contributed by atoms with van der Waals surface area (Å²) in [6.07, 6.45) is 2.32. The fourth-order valence-electron chi connectivity index (χ4n) is 1.98. The van der Waals surface area contributed by atoms with Crippen LogP contribution in [0, 0.1) is 0 Å². The van der Waals surface area contributed by atoms with Crippen LogP contribution in [-0.2, 0) is 9.53 Å². The molecule has 0 radical (unpaired) electrons. The molecule has 0 saturated carbocycles. The highest BCUT2D eigenvalue weighted by Crippen LogP contribution is 2.27. The van der Waals surface area contributed by atoms with Crippen LogP contribution < -0.4 is 11.1 Å². The first kappa shape index (κ1) is 10.5. The van der Waals surface area contributed by atoms with Crippen LogP contribution in [0.3, 0.4) is 0 Å². The minimum absolute atomic E-state index is 0.135. The van der Waals surface area contributed by atoms with E-state index in [4.69, 9.17) is 10.5 Å². The third kappa shape index (κ3) is 2.67. The Balaban J connectivity index is 2.61. The van der Waals surface area contributed by atoms with Crippen molar-refractivity contribution in [3.05, 3.63) is 0 Å². The van der Waals surface area contributed by atoms with Gasteiger partial charge in [0, 0.05) is 18.6 Å². The molecule has 1 amide bonds. The molecule has 0 bridgehead atoms. The monoisotopic (exact) mass is 186 g/mol. The van der Waals surface area contributed by atoms with Crippen LogP contribution in [0.4, 0.5) is 0 Å². The summed E-state index contributed by atoms with van der Waals surface area (Å²) in [6.45, 7) is 2.72. The molecule has 0 aliphatic carbocycles. The lowest BCUT2D eigenvalue weighted by Crippen LogP contribution is -2.51. The topological polar surface area (TPSA) is 64.3 Å². The maximum Gasteiger partial charge on any atom is 0.219 e. The van der Waals surface area contributed by atoms with Crippen molar-refractivity contribution >= 4 is 5.91 Å². The predicted octanol–water partition coefficient (Wildman–Crippen LogP) is 0.0189. The van der Waals surface area contributed by atoms with Crippen molar-refractivity contribution in [3.63, 3.8) is 0 Å². The lowest BCUT2D eigenvalue weighted by molar-refractivity contribution is -0.121. The average Bonchev–Trinajstić information content (AvgIpc) is 2.03. The van der Waals surface area contributed by atoms with Gasteiger partial charge in [0.25, 0.3) is 0 Å². The van der Waals surface area contributed by atoms with Gasteiger partial charge in [0.15, 0.2) is 0 Å². The Morgan fingerprint density at radius 3 is 2.92 bits per heavy atom. The Morgan fingerprint density at radius 1 is 1.77 bits per heavy atom. The first-order valence-corrected chi connectivity index (χ1v) is 4.67. The first-order chi connectivity index (χ1) is 6.08. The largest absolute Gasteiger partial charge is 0.378 e. The second-order valence-electron chi connectivity index (χ2n) is 3.81. The van der Waals surface area contributed by atoms with E-state index in [-0.39, 0.29) is 17.6 Å². The Labute approximate surface area is 78.8 Å². The number of carbonyl (C=O) groups excluding carboxylic acids is 1. The van der Waals surface area contributed by atoms with Crippen LogP contribution in [0.2, 0.25) is 0 Å². The maximum absolute atomic E-state index is 10.9. The van der Waals surface area contributed by atoms with Crippen molar-refractivity contribution in [1.82, 2.24) is 5.32 Å². The van der Waals surface area contributed by atoms with Crippen molar-refractivity contribution in [2.45, 2.75) is 37.8 Å². The van der Waals surface area contributed by atoms with E-state index in [1.165, 1.54) is 0 Å². The normalized spacial score (nSPS) is 34.5. The Morgan fingerprint density at radius 2 is 2.46 bits per heavy atom. The number of ether oxygens (including phenoxy) is 1. The van der Waals surface area contributed by atoms with Gasteiger partial charge in [0.2, 0.25) is 5.91 Å². The maximum atomic E-state index is 10.9. The lowest BCUT2D eigenvalue weighted by atomic mass is 9.84. The highest BCUT2D eigenvalue weighted by Gasteiger charge is 2.35. The summed E-state index contributed by atoms with van der Waals surface area (Å²) >= 11 is 0. The molecule has 3 N–H and O–H groups in total. The molecule has 0 aromatic heterocycles. The highest BCUT2D eigenvalue weighted by molar-refractivity contribution is 5.75. The van der Waals surface area contributed by atoms with Crippen LogP contribution in [0.1, 0.15) is 26.2 Å². The molecule has 0 aromatic rings. The molecule has 1 aliphatic heterocycles. The Bertz CT molecular complexity index is 196. The van der Waals surface area contributed by atoms with Crippen molar-refractivity contribution < 1.29 is 9.53 Å². The number of amides is 1. The van der Waals surface area contributed by atoms with E-state index < -0.39 is 0 Å². The number of carbonyl (C=O) groups is 1. The molecule has 1 fully saturated rings. The summed E-state index contributed by atoms with van der Waals surface area (Å²) in [5.41, 5.74) is 5.07. The van der Waals surface area contributed by atoms with Crippen LogP contribution in [-0.4, -0.2) is 31.2 Å². The molecule has 4 heteroatoms. The highest BCUT2D eigenvalue weighted by atomic mass is 16.5. The number of hydrogen-bond acceptors (Lipinski definition) is 3. The Hall–Kier alpha value is -0.610. The van der Waals surface area contributed by atoms with Crippen LogP contribution >= 0.6 is 0 Å². The summed E-state index contributed by atoms with van der Waals surface area (Å²) in [5.74, 6) is -0.247. The zero-order valence-corrected chi connectivity index (χ0v) is 8.30. The van der Waals surface area contributed by atoms with Gasteiger partial charge in [0.05, 0.1) is 6.10 Å². The zero-order chi connectivity index (χ0) is 9.90. The molecule has 1 saturated heterocycles. The predicted molar refractivity (Wildman–Crippen MR) is 50.3 cm³/mol. The summed E-state index contributed by atoms with van der Waals surface area (Å²) in [4.78, 5) is 10.9. The summed E-state index contributed by atoms with van der Waals surface area (Å²) in [6, 6.07) is 0. The molecule has 2 atom stereocenters. The smallest absolute Gasteiger partial charge is 0.219 e.